The number of aryl methyl sites for hydroxylation is 1. The number of nitrogens with two attached hydrogens (primary N) is 1. The van der Waals surface area contributed by atoms with E-state index in [0.717, 1.165) is 19.3 Å². The number of halogens is 1. The summed E-state index contributed by atoms with van der Waals surface area (Å²) in [5.41, 5.74) is 3.32. The number of quaternary nitrogens is 1. The van der Waals surface area contributed by atoms with Gasteiger partial charge in [0.15, 0.2) is 12.3 Å². The number of fused-ring (bicyclic) bond motifs is 1. The van der Waals surface area contributed by atoms with Crippen LogP contribution in [0.1, 0.15) is 30.0 Å². The van der Waals surface area contributed by atoms with Crippen LogP contribution in [0, 0.1) is 0 Å². The smallest absolute Gasteiger partial charge is 0.279 e. The van der Waals surface area contributed by atoms with E-state index in [9.17, 15) is 4.79 Å². The van der Waals surface area contributed by atoms with E-state index in [2.05, 4.69) is 34.9 Å². The van der Waals surface area contributed by atoms with Gasteiger partial charge >= 0.3 is 0 Å². The minimum absolute atomic E-state index is 0.0757. The lowest BCUT2D eigenvalue weighted by atomic mass is 9.88. The summed E-state index contributed by atoms with van der Waals surface area (Å²) in [5, 5.41) is 5.62. The summed E-state index contributed by atoms with van der Waals surface area (Å²) in [6.07, 6.45) is 3.36. The van der Waals surface area contributed by atoms with E-state index >= 15 is 0 Å². The lowest BCUT2D eigenvalue weighted by Gasteiger charge is -2.23. The van der Waals surface area contributed by atoms with Crippen LogP contribution >= 0.6 is 11.6 Å². The summed E-state index contributed by atoms with van der Waals surface area (Å²) in [7, 11) is 0. The minimum Gasteiger partial charge on any atom is -0.455 e. The highest BCUT2D eigenvalue weighted by molar-refractivity contribution is 6.31. The van der Waals surface area contributed by atoms with Crippen LogP contribution in [0.25, 0.3) is 0 Å². The van der Waals surface area contributed by atoms with E-state index in [1.807, 2.05) is 30.3 Å². The lowest BCUT2D eigenvalue weighted by molar-refractivity contribution is -0.687. The number of amides is 1. The first-order valence-corrected chi connectivity index (χ1v) is 10.3. The molecule has 29 heavy (non-hydrogen) atoms. The number of ether oxygens (including phenoxy) is 1. The van der Waals surface area contributed by atoms with Crippen molar-refractivity contribution in [3.8, 4) is 11.5 Å². The average Bonchev–Trinajstić information content (AvgIpc) is 2.75. The number of carbonyl (C=O) groups excluding carboxylic acids is 1. The van der Waals surface area contributed by atoms with Crippen LogP contribution < -0.4 is 15.4 Å². The van der Waals surface area contributed by atoms with Crippen LogP contribution in [-0.2, 0) is 11.2 Å². The van der Waals surface area contributed by atoms with Gasteiger partial charge in [-0.1, -0.05) is 54.1 Å². The molecule has 3 aromatic rings. The number of carbonyl (C=O) groups is 1. The van der Waals surface area contributed by atoms with Gasteiger partial charge in [0.25, 0.3) is 5.91 Å². The van der Waals surface area contributed by atoms with Gasteiger partial charge in [-0.25, -0.2) is 0 Å². The Morgan fingerprint density at radius 3 is 2.72 bits per heavy atom. The fourth-order valence-electron chi connectivity index (χ4n) is 3.79. The maximum absolute atomic E-state index is 12.6. The number of para-hydroxylation sites is 1. The molecule has 1 aliphatic carbocycles. The zero-order valence-electron chi connectivity index (χ0n) is 16.1. The topological polar surface area (TPSA) is 54.9 Å². The molecular formula is C24H24ClN2O2+. The van der Waals surface area contributed by atoms with Gasteiger partial charge in [0.2, 0.25) is 0 Å². The number of benzene rings is 3. The van der Waals surface area contributed by atoms with Crippen molar-refractivity contribution in [2.24, 2.45) is 0 Å². The fourth-order valence-corrected chi connectivity index (χ4v) is 3.96. The fraction of sp³-hybridized carbons (Fsp3) is 0.208. The molecule has 0 saturated heterocycles. The van der Waals surface area contributed by atoms with Crippen LogP contribution in [0.15, 0.2) is 72.8 Å². The second kappa shape index (κ2) is 9.12. The van der Waals surface area contributed by atoms with E-state index in [-0.39, 0.29) is 5.91 Å². The highest BCUT2D eigenvalue weighted by Gasteiger charge is 2.23. The van der Waals surface area contributed by atoms with Crippen LogP contribution in [-0.4, -0.2) is 12.5 Å². The van der Waals surface area contributed by atoms with Crippen LogP contribution in [0.2, 0.25) is 5.02 Å². The molecule has 1 amide bonds. The predicted octanol–water partition coefficient (Wildman–Crippen LogP) is 4.71. The van der Waals surface area contributed by atoms with Gasteiger partial charge in [-0.05, 0) is 48.7 Å². The number of nitrogens with one attached hydrogen (secondary N) is 1. The standard InChI is InChI=1S/C24H23ClN2O2/c25-18-13-14-23(29-19-9-2-1-3-10-19)22(15-18)27-24(28)16-26-21-12-6-8-17-7-4-5-11-20(17)21/h1-5,7,9-11,13-15,21,26H,6,8,12,16H2,(H,27,28)/p+1/t21-/m1/s1. The maximum atomic E-state index is 12.6. The third kappa shape index (κ3) is 4.97. The number of anilines is 1. The normalized spacial score (nSPS) is 15.4. The molecule has 4 rings (SSSR count). The van der Waals surface area contributed by atoms with Crippen LogP contribution in [0.3, 0.4) is 0 Å². The van der Waals surface area contributed by atoms with E-state index in [4.69, 9.17) is 16.3 Å². The highest BCUT2D eigenvalue weighted by atomic mass is 35.5. The van der Waals surface area contributed by atoms with Gasteiger partial charge in [0.1, 0.15) is 11.8 Å². The highest BCUT2D eigenvalue weighted by Crippen LogP contribution is 2.32. The van der Waals surface area contributed by atoms with Gasteiger partial charge in [-0.2, -0.15) is 0 Å². The Morgan fingerprint density at radius 2 is 1.86 bits per heavy atom. The average molecular weight is 408 g/mol. The largest absolute Gasteiger partial charge is 0.455 e. The Hall–Kier alpha value is -2.82. The molecule has 0 aromatic heterocycles. The van der Waals surface area contributed by atoms with Crippen LogP contribution in [0.5, 0.6) is 11.5 Å². The Balaban J connectivity index is 1.42. The van der Waals surface area contributed by atoms with Crippen molar-refractivity contribution in [1.82, 2.24) is 0 Å². The van der Waals surface area contributed by atoms with Gasteiger partial charge in [-0.15, -0.1) is 0 Å². The Kier molecular flexibility index (Phi) is 6.13. The van der Waals surface area contributed by atoms with Crippen molar-refractivity contribution in [2.45, 2.75) is 25.3 Å². The van der Waals surface area contributed by atoms with Crippen molar-refractivity contribution in [1.29, 1.82) is 0 Å². The molecule has 0 heterocycles. The first-order valence-electron chi connectivity index (χ1n) is 9.92. The number of rotatable bonds is 6. The summed E-state index contributed by atoms with van der Waals surface area (Å²) >= 11 is 6.14. The number of hydrogen-bond donors (Lipinski definition) is 2. The summed E-state index contributed by atoms with van der Waals surface area (Å²) in [4.78, 5) is 12.6. The Labute approximate surface area is 175 Å². The molecule has 1 aliphatic rings. The molecule has 0 unspecified atom stereocenters. The molecule has 0 spiro atoms. The SMILES string of the molecule is O=C(C[NH2+][C@@H]1CCCc2ccccc21)Nc1cc(Cl)ccc1Oc1ccccc1. The molecule has 3 aromatic carbocycles. The second-order valence-electron chi connectivity index (χ2n) is 7.24. The molecule has 4 nitrogen and oxygen atoms in total. The maximum Gasteiger partial charge on any atom is 0.279 e. The lowest BCUT2D eigenvalue weighted by Crippen LogP contribution is -2.87. The number of hydrogen-bond acceptors (Lipinski definition) is 2. The molecule has 0 fully saturated rings. The summed E-state index contributed by atoms with van der Waals surface area (Å²) in [6.45, 7) is 0.344. The van der Waals surface area contributed by atoms with Crippen molar-refractivity contribution in [3.63, 3.8) is 0 Å². The molecule has 5 heteroatoms. The third-order valence-corrected chi connectivity index (χ3v) is 5.43. The summed E-state index contributed by atoms with van der Waals surface area (Å²) in [5.74, 6) is 1.20. The van der Waals surface area contributed by atoms with E-state index in [1.54, 1.807) is 18.2 Å². The zero-order valence-corrected chi connectivity index (χ0v) is 16.9. The van der Waals surface area contributed by atoms with Gasteiger partial charge in [0.05, 0.1) is 5.69 Å². The molecule has 3 N–H and O–H groups in total. The molecule has 0 saturated carbocycles. The molecule has 0 aliphatic heterocycles. The Morgan fingerprint density at radius 1 is 1.07 bits per heavy atom. The van der Waals surface area contributed by atoms with Crippen LogP contribution in [0.4, 0.5) is 5.69 Å². The molecule has 0 bridgehead atoms. The van der Waals surface area contributed by atoms with Gasteiger partial charge in [-0.3, -0.25) is 4.79 Å². The van der Waals surface area contributed by atoms with E-state index in [0.29, 0.717) is 34.8 Å². The minimum atomic E-state index is -0.0757. The predicted molar refractivity (Wildman–Crippen MR) is 116 cm³/mol. The molecule has 148 valence electrons. The zero-order chi connectivity index (χ0) is 20.1. The summed E-state index contributed by atoms with van der Waals surface area (Å²) < 4.78 is 5.92. The van der Waals surface area contributed by atoms with Crippen molar-refractivity contribution >= 4 is 23.2 Å². The van der Waals surface area contributed by atoms with Gasteiger partial charge in [0, 0.05) is 17.0 Å². The molecular weight excluding hydrogens is 384 g/mol. The molecule has 1 atom stereocenters. The Bertz CT molecular complexity index is 991. The van der Waals surface area contributed by atoms with Crippen molar-refractivity contribution in [2.75, 3.05) is 11.9 Å². The first-order chi connectivity index (χ1) is 14.2. The van der Waals surface area contributed by atoms with Gasteiger partial charge < -0.3 is 15.4 Å². The van der Waals surface area contributed by atoms with E-state index in [1.165, 1.54) is 11.1 Å². The first kappa shape index (κ1) is 19.5. The van der Waals surface area contributed by atoms with E-state index < -0.39 is 0 Å². The third-order valence-electron chi connectivity index (χ3n) is 5.19. The summed E-state index contributed by atoms with van der Waals surface area (Å²) in [6, 6.07) is 23.6. The second-order valence-corrected chi connectivity index (χ2v) is 7.68. The van der Waals surface area contributed by atoms with Crippen molar-refractivity contribution in [3.05, 3.63) is 88.9 Å². The monoisotopic (exact) mass is 407 g/mol. The van der Waals surface area contributed by atoms with Crippen molar-refractivity contribution < 1.29 is 14.8 Å². The molecule has 0 radical (unpaired) electrons. The quantitative estimate of drug-likeness (QED) is 0.621.